The Morgan fingerprint density at radius 1 is 1.07 bits per heavy atom. The average molecular weight is 671 g/mol. The molecule has 246 valence electrons. The van der Waals surface area contributed by atoms with Crippen LogP contribution in [0.15, 0.2) is 71.6 Å². The lowest BCUT2D eigenvalue weighted by Crippen LogP contribution is -2.54. The molecule has 1 fully saturated rings. The summed E-state index contributed by atoms with van der Waals surface area (Å²) in [5, 5.41) is 15.0. The van der Waals surface area contributed by atoms with E-state index in [1.807, 2.05) is 30.3 Å². The number of anilines is 1. The molecule has 0 aromatic heterocycles. The molecule has 0 heterocycles. The summed E-state index contributed by atoms with van der Waals surface area (Å²) in [6.45, 7) is 2.62. The van der Waals surface area contributed by atoms with Crippen molar-refractivity contribution in [3.8, 4) is 5.75 Å². The van der Waals surface area contributed by atoms with Crippen LogP contribution < -0.4 is 14.4 Å². The molecule has 13 heteroatoms. The molecule has 0 radical (unpaired) electrons. The van der Waals surface area contributed by atoms with Crippen LogP contribution in [0.2, 0.25) is 5.02 Å². The van der Waals surface area contributed by atoms with E-state index in [4.69, 9.17) is 16.3 Å². The molecule has 0 aliphatic heterocycles. The highest BCUT2D eigenvalue weighted by Gasteiger charge is 2.36. The standard InChI is InChI=1S/C33H39ClN4O7S/c1-4-28(33(40)35-26-13-9-6-10-14-26)36(21-24-11-7-5-8-12-24)32(39)22-37(30-19-25(34)16-18-31(30)45-3)46(43,44)27-17-15-23(2)29(20-27)38(41)42/h5,7-8,11-12,15-20,26,28H,4,6,9-10,13-14,21-22H2,1-3H3,(H,35,40)/t28-/m1/s1. The first-order valence-corrected chi connectivity index (χ1v) is 17.0. The smallest absolute Gasteiger partial charge is 0.273 e. The first-order chi connectivity index (χ1) is 22.0. The van der Waals surface area contributed by atoms with Crippen molar-refractivity contribution in [3.63, 3.8) is 0 Å². The van der Waals surface area contributed by atoms with Gasteiger partial charge in [-0.3, -0.25) is 24.0 Å². The molecule has 3 aromatic rings. The van der Waals surface area contributed by atoms with E-state index in [9.17, 15) is 28.1 Å². The number of nitrogens with one attached hydrogen (secondary N) is 1. The Labute approximate surface area is 274 Å². The van der Waals surface area contributed by atoms with Gasteiger partial charge in [-0.2, -0.15) is 0 Å². The monoisotopic (exact) mass is 670 g/mol. The van der Waals surface area contributed by atoms with Crippen LogP contribution in [-0.4, -0.2) is 55.8 Å². The molecule has 0 saturated heterocycles. The summed E-state index contributed by atoms with van der Waals surface area (Å²) in [5.41, 5.74) is 0.604. The molecule has 1 aliphatic carbocycles. The number of aryl methyl sites for hydroxylation is 1. The van der Waals surface area contributed by atoms with Crippen molar-refractivity contribution in [3.05, 3.63) is 93.0 Å². The van der Waals surface area contributed by atoms with Gasteiger partial charge in [0.15, 0.2) is 0 Å². The van der Waals surface area contributed by atoms with E-state index in [0.29, 0.717) is 0 Å². The van der Waals surface area contributed by atoms with E-state index in [-0.39, 0.29) is 52.6 Å². The quantitative estimate of drug-likeness (QED) is 0.173. The van der Waals surface area contributed by atoms with Crippen molar-refractivity contribution in [1.82, 2.24) is 10.2 Å². The summed E-state index contributed by atoms with van der Waals surface area (Å²) in [7, 11) is -3.26. The Morgan fingerprint density at radius 2 is 1.76 bits per heavy atom. The van der Waals surface area contributed by atoms with Gasteiger partial charge in [0.1, 0.15) is 18.3 Å². The van der Waals surface area contributed by atoms with Crippen LogP contribution >= 0.6 is 11.6 Å². The normalized spacial score (nSPS) is 14.3. The number of hydrogen-bond acceptors (Lipinski definition) is 7. The first-order valence-electron chi connectivity index (χ1n) is 15.2. The van der Waals surface area contributed by atoms with Gasteiger partial charge in [-0.1, -0.05) is 74.2 Å². The van der Waals surface area contributed by atoms with Crippen molar-refractivity contribution < 1.29 is 27.7 Å². The minimum Gasteiger partial charge on any atom is -0.495 e. The van der Waals surface area contributed by atoms with E-state index in [1.165, 1.54) is 49.3 Å². The number of halogens is 1. The molecule has 2 amide bonds. The molecule has 0 bridgehead atoms. The largest absolute Gasteiger partial charge is 0.495 e. The van der Waals surface area contributed by atoms with Gasteiger partial charge in [-0.15, -0.1) is 0 Å². The first kappa shape index (κ1) is 34.7. The van der Waals surface area contributed by atoms with E-state index in [2.05, 4.69) is 5.32 Å². The predicted octanol–water partition coefficient (Wildman–Crippen LogP) is 6.02. The molecule has 11 nitrogen and oxygen atoms in total. The number of ether oxygens (including phenoxy) is 1. The number of nitrogens with zero attached hydrogens (tertiary/aromatic N) is 3. The predicted molar refractivity (Wildman–Crippen MR) is 176 cm³/mol. The van der Waals surface area contributed by atoms with E-state index >= 15 is 0 Å². The minimum atomic E-state index is -4.61. The lowest BCUT2D eigenvalue weighted by atomic mass is 9.95. The fourth-order valence-corrected chi connectivity index (χ4v) is 7.29. The molecule has 0 unspecified atom stereocenters. The molecular formula is C33H39ClN4O7S. The lowest BCUT2D eigenvalue weighted by molar-refractivity contribution is -0.385. The third kappa shape index (κ3) is 8.16. The van der Waals surface area contributed by atoms with Crippen LogP contribution in [0.3, 0.4) is 0 Å². The summed E-state index contributed by atoms with van der Waals surface area (Å²) >= 11 is 6.30. The van der Waals surface area contributed by atoms with Crippen molar-refractivity contribution in [2.75, 3.05) is 18.0 Å². The van der Waals surface area contributed by atoms with Crippen LogP contribution in [0.25, 0.3) is 0 Å². The van der Waals surface area contributed by atoms with Crippen molar-refractivity contribution in [2.24, 2.45) is 0 Å². The lowest BCUT2D eigenvalue weighted by Gasteiger charge is -2.34. The maximum atomic E-state index is 14.4. The zero-order chi connectivity index (χ0) is 33.4. The van der Waals surface area contributed by atoms with Crippen LogP contribution in [0.1, 0.15) is 56.6 Å². The van der Waals surface area contributed by atoms with Gasteiger partial charge < -0.3 is 15.0 Å². The van der Waals surface area contributed by atoms with E-state index < -0.39 is 38.3 Å². The SMILES string of the molecule is CC[C@H](C(=O)NC1CCCCC1)N(Cc1ccccc1)C(=O)CN(c1cc(Cl)ccc1OC)S(=O)(=O)c1ccc(C)c([N+](=O)[O-])c1. The zero-order valence-electron chi connectivity index (χ0n) is 26.1. The third-order valence-corrected chi connectivity index (χ3v) is 10.2. The fraction of sp³-hybridized carbons (Fsp3) is 0.394. The molecular weight excluding hydrogens is 632 g/mol. The van der Waals surface area contributed by atoms with E-state index in [0.717, 1.165) is 48.0 Å². The highest BCUT2D eigenvalue weighted by Crippen LogP contribution is 2.36. The molecule has 0 spiro atoms. The number of benzene rings is 3. The Kier molecular flexibility index (Phi) is 11.6. The Balaban J connectivity index is 1.79. The number of sulfonamides is 1. The average Bonchev–Trinajstić information content (AvgIpc) is 3.04. The van der Waals surface area contributed by atoms with Crippen LogP contribution in [0, 0.1) is 17.0 Å². The number of nitro groups is 1. The van der Waals surface area contributed by atoms with Crippen LogP contribution in [-0.2, 0) is 26.2 Å². The number of methoxy groups -OCH3 is 1. The molecule has 4 rings (SSSR count). The number of rotatable bonds is 13. The highest BCUT2D eigenvalue weighted by molar-refractivity contribution is 7.92. The van der Waals surface area contributed by atoms with Gasteiger partial charge in [-0.05, 0) is 56.0 Å². The number of carbonyl (C=O) groups is 2. The molecule has 1 saturated carbocycles. The van der Waals surface area contributed by atoms with Gasteiger partial charge >= 0.3 is 0 Å². The van der Waals surface area contributed by atoms with Gasteiger partial charge in [0.25, 0.3) is 15.7 Å². The Bertz CT molecular complexity index is 1660. The van der Waals surface area contributed by atoms with Gasteiger partial charge in [0.2, 0.25) is 11.8 Å². The zero-order valence-corrected chi connectivity index (χ0v) is 27.7. The van der Waals surface area contributed by atoms with Crippen molar-refractivity contribution in [1.29, 1.82) is 0 Å². The number of nitro benzene ring substituents is 1. The number of hydrogen-bond donors (Lipinski definition) is 1. The van der Waals surface area contributed by atoms with Gasteiger partial charge in [0, 0.05) is 29.2 Å². The molecule has 46 heavy (non-hydrogen) atoms. The van der Waals surface area contributed by atoms with Gasteiger partial charge in [-0.25, -0.2) is 8.42 Å². The maximum absolute atomic E-state index is 14.4. The summed E-state index contributed by atoms with van der Waals surface area (Å²) in [6.07, 6.45) is 5.15. The summed E-state index contributed by atoms with van der Waals surface area (Å²) in [6, 6.07) is 16.1. The third-order valence-electron chi connectivity index (χ3n) is 8.19. The van der Waals surface area contributed by atoms with Crippen LogP contribution in [0.4, 0.5) is 11.4 Å². The van der Waals surface area contributed by atoms with E-state index in [1.54, 1.807) is 6.92 Å². The molecule has 1 aliphatic rings. The van der Waals surface area contributed by atoms with Crippen LogP contribution in [0.5, 0.6) is 5.75 Å². The topological polar surface area (TPSA) is 139 Å². The highest BCUT2D eigenvalue weighted by atomic mass is 35.5. The summed E-state index contributed by atoms with van der Waals surface area (Å²) < 4.78 is 34.9. The van der Waals surface area contributed by atoms with Crippen molar-refractivity contribution >= 4 is 44.8 Å². The summed E-state index contributed by atoms with van der Waals surface area (Å²) in [5.74, 6) is -0.844. The van der Waals surface area contributed by atoms with Gasteiger partial charge in [0.05, 0.1) is 22.6 Å². The second kappa shape index (κ2) is 15.4. The second-order valence-electron chi connectivity index (χ2n) is 11.3. The number of amides is 2. The maximum Gasteiger partial charge on any atom is 0.273 e. The molecule has 3 aromatic carbocycles. The Morgan fingerprint density at radius 3 is 2.39 bits per heavy atom. The second-order valence-corrected chi connectivity index (χ2v) is 13.6. The molecule has 1 atom stereocenters. The molecule has 1 N–H and O–H groups in total. The fourth-order valence-electron chi connectivity index (χ4n) is 5.69. The summed E-state index contributed by atoms with van der Waals surface area (Å²) in [4.78, 5) is 40.1. The van der Waals surface area contributed by atoms with Crippen molar-refractivity contribution in [2.45, 2.75) is 75.9 Å². The Hall–Kier alpha value is -4.16. The number of carbonyl (C=O) groups excluding carboxylic acids is 2. The minimum absolute atomic E-state index is 0.00824.